The third-order valence-corrected chi connectivity index (χ3v) is 5.55. The van der Waals surface area contributed by atoms with Gasteiger partial charge in [0, 0.05) is 22.8 Å². The maximum atomic E-state index is 13.2. The zero-order valence-corrected chi connectivity index (χ0v) is 16.8. The summed E-state index contributed by atoms with van der Waals surface area (Å²) >= 11 is 12.5. The van der Waals surface area contributed by atoms with Gasteiger partial charge in [0.1, 0.15) is 12.4 Å². The van der Waals surface area contributed by atoms with Crippen molar-refractivity contribution < 1.29 is 14.3 Å². The maximum absolute atomic E-state index is 13.2. The van der Waals surface area contributed by atoms with Crippen LogP contribution in [0.4, 0.5) is 5.69 Å². The Kier molecular flexibility index (Phi) is 6.64. The van der Waals surface area contributed by atoms with Crippen LogP contribution in [0, 0.1) is 0 Å². The van der Waals surface area contributed by atoms with Gasteiger partial charge in [0.2, 0.25) is 5.91 Å². The molecule has 1 N–H and O–H groups in total. The van der Waals surface area contributed by atoms with Gasteiger partial charge in [-0.25, -0.2) is 0 Å². The second kappa shape index (κ2) is 8.96. The maximum Gasteiger partial charge on any atom is 0.235 e. The highest BCUT2D eigenvalue weighted by atomic mass is 35.5. The van der Waals surface area contributed by atoms with E-state index in [0.717, 1.165) is 42.7 Å². The third-order valence-electron chi connectivity index (χ3n) is 5.01. The number of ether oxygens (including phenoxy) is 2. The predicted molar refractivity (Wildman–Crippen MR) is 109 cm³/mol. The van der Waals surface area contributed by atoms with Crippen LogP contribution in [-0.2, 0) is 14.9 Å². The summed E-state index contributed by atoms with van der Waals surface area (Å²) in [5.41, 5.74) is 0.966. The van der Waals surface area contributed by atoms with Crippen LogP contribution in [0.2, 0.25) is 10.0 Å². The highest BCUT2D eigenvalue weighted by Crippen LogP contribution is 2.45. The molecule has 0 spiro atoms. The fraction of sp³-hybridized carbons (Fsp3) is 0.381. The van der Waals surface area contributed by atoms with Crippen molar-refractivity contribution in [3.05, 3.63) is 58.1 Å². The number of hydrogen-bond donors (Lipinski definition) is 1. The Morgan fingerprint density at radius 2 is 1.78 bits per heavy atom. The Hall–Kier alpha value is -1.75. The van der Waals surface area contributed by atoms with Gasteiger partial charge < -0.3 is 14.8 Å². The summed E-state index contributed by atoms with van der Waals surface area (Å²) in [4.78, 5) is 13.2. The van der Waals surface area contributed by atoms with Gasteiger partial charge in [-0.3, -0.25) is 4.79 Å². The summed E-state index contributed by atoms with van der Waals surface area (Å²) in [6.07, 6.45) is 3.55. The van der Waals surface area contributed by atoms with Crippen molar-refractivity contribution in [3.63, 3.8) is 0 Å². The van der Waals surface area contributed by atoms with Crippen LogP contribution in [0.1, 0.15) is 31.2 Å². The van der Waals surface area contributed by atoms with E-state index >= 15 is 0 Å². The number of rotatable bonds is 7. The monoisotopic (exact) mass is 407 g/mol. The van der Waals surface area contributed by atoms with Crippen LogP contribution in [0.15, 0.2) is 42.5 Å². The number of nitrogens with one attached hydrogen (secondary N) is 1. The molecule has 6 heteroatoms. The minimum absolute atomic E-state index is 0.0303. The fourth-order valence-corrected chi connectivity index (χ4v) is 4.19. The molecule has 0 bridgehead atoms. The Labute approximate surface area is 169 Å². The van der Waals surface area contributed by atoms with E-state index < -0.39 is 5.41 Å². The minimum atomic E-state index is -0.616. The first-order chi connectivity index (χ1) is 13.0. The lowest BCUT2D eigenvalue weighted by molar-refractivity contribution is -0.121. The number of halogens is 2. The fourth-order valence-electron chi connectivity index (χ4n) is 3.60. The molecule has 1 saturated carbocycles. The lowest BCUT2D eigenvalue weighted by atomic mass is 9.78. The predicted octanol–water partition coefficient (Wildman–Crippen LogP) is 5.47. The Morgan fingerprint density at radius 3 is 2.41 bits per heavy atom. The smallest absolute Gasteiger partial charge is 0.235 e. The van der Waals surface area contributed by atoms with Crippen molar-refractivity contribution in [2.45, 2.75) is 31.1 Å². The van der Waals surface area contributed by atoms with Gasteiger partial charge in [0.25, 0.3) is 0 Å². The van der Waals surface area contributed by atoms with Gasteiger partial charge >= 0.3 is 0 Å². The van der Waals surface area contributed by atoms with Crippen LogP contribution < -0.4 is 10.1 Å². The first kappa shape index (κ1) is 20.0. The number of carbonyl (C=O) groups excluding carboxylic acids is 1. The quantitative estimate of drug-likeness (QED) is 0.618. The van der Waals surface area contributed by atoms with Crippen molar-refractivity contribution in [2.24, 2.45) is 0 Å². The largest absolute Gasteiger partial charge is 0.491 e. The molecular weight excluding hydrogens is 385 g/mol. The van der Waals surface area contributed by atoms with E-state index in [9.17, 15) is 4.79 Å². The van der Waals surface area contributed by atoms with Crippen LogP contribution in [-0.4, -0.2) is 26.2 Å². The highest BCUT2D eigenvalue weighted by molar-refractivity contribution is 6.35. The van der Waals surface area contributed by atoms with Crippen LogP contribution in [0.25, 0.3) is 0 Å². The standard InChI is InChI=1S/C21H23Cl2NO3/c1-26-12-13-27-17-7-5-16(6-8-17)24-20(25)21(10-2-3-11-21)18-9-4-15(22)14-19(18)23/h4-9,14H,2-3,10-13H2,1H3,(H,24,25). The molecular formula is C21H23Cl2NO3. The van der Waals surface area contributed by atoms with E-state index in [0.29, 0.717) is 23.3 Å². The summed E-state index contributed by atoms with van der Waals surface area (Å²) in [5.74, 6) is 0.707. The average Bonchev–Trinajstić information content (AvgIpc) is 3.14. The van der Waals surface area contributed by atoms with Crippen LogP contribution in [0.3, 0.4) is 0 Å². The summed E-state index contributed by atoms with van der Waals surface area (Å²) in [6, 6.07) is 12.7. The first-order valence-electron chi connectivity index (χ1n) is 9.04. The number of anilines is 1. The van der Waals surface area contributed by atoms with E-state index in [1.165, 1.54) is 0 Å². The van der Waals surface area contributed by atoms with Crippen LogP contribution in [0.5, 0.6) is 5.75 Å². The van der Waals surface area contributed by atoms with Gasteiger partial charge in [-0.1, -0.05) is 42.1 Å². The molecule has 1 fully saturated rings. The van der Waals surface area contributed by atoms with E-state index in [1.807, 2.05) is 30.3 Å². The molecule has 3 rings (SSSR count). The topological polar surface area (TPSA) is 47.6 Å². The molecule has 0 heterocycles. The zero-order valence-electron chi connectivity index (χ0n) is 15.3. The average molecular weight is 408 g/mol. The highest BCUT2D eigenvalue weighted by Gasteiger charge is 2.44. The number of hydrogen-bond acceptors (Lipinski definition) is 3. The lowest BCUT2D eigenvalue weighted by Crippen LogP contribution is -2.38. The van der Waals surface area contributed by atoms with Gasteiger partial charge in [-0.05, 0) is 54.8 Å². The molecule has 144 valence electrons. The number of carbonyl (C=O) groups is 1. The van der Waals surface area contributed by atoms with Crippen LogP contribution >= 0.6 is 23.2 Å². The summed E-state index contributed by atoms with van der Waals surface area (Å²) in [7, 11) is 1.63. The normalized spacial score (nSPS) is 15.5. The van der Waals surface area contributed by atoms with E-state index in [4.69, 9.17) is 32.7 Å². The van der Waals surface area contributed by atoms with Crippen molar-refractivity contribution in [2.75, 3.05) is 25.6 Å². The van der Waals surface area contributed by atoms with Crippen molar-refractivity contribution in [1.82, 2.24) is 0 Å². The molecule has 1 amide bonds. The number of methoxy groups -OCH3 is 1. The van der Waals surface area contributed by atoms with Crippen molar-refractivity contribution >= 4 is 34.8 Å². The Balaban J connectivity index is 1.76. The Bertz CT molecular complexity index is 787. The summed E-state index contributed by atoms with van der Waals surface area (Å²) < 4.78 is 10.5. The molecule has 2 aromatic rings. The lowest BCUT2D eigenvalue weighted by Gasteiger charge is -2.29. The Morgan fingerprint density at radius 1 is 1.07 bits per heavy atom. The summed E-state index contributed by atoms with van der Waals surface area (Å²) in [6.45, 7) is 1.02. The summed E-state index contributed by atoms with van der Waals surface area (Å²) in [5, 5.41) is 4.16. The molecule has 1 aliphatic rings. The van der Waals surface area contributed by atoms with Gasteiger partial charge in [-0.2, -0.15) is 0 Å². The first-order valence-corrected chi connectivity index (χ1v) is 9.79. The molecule has 2 aromatic carbocycles. The van der Waals surface area contributed by atoms with Crippen molar-refractivity contribution in [3.8, 4) is 5.75 Å². The number of benzene rings is 2. The van der Waals surface area contributed by atoms with Gasteiger partial charge in [0.15, 0.2) is 0 Å². The minimum Gasteiger partial charge on any atom is -0.491 e. The van der Waals surface area contributed by atoms with Gasteiger partial charge in [-0.15, -0.1) is 0 Å². The molecule has 0 aliphatic heterocycles. The van der Waals surface area contributed by atoms with E-state index in [-0.39, 0.29) is 5.91 Å². The molecule has 0 unspecified atom stereocenters. The molecule has 1 aliphatic carbocycles. The molecule has 0 atom stereocenters. The second-order valence-corrected chi connectivity index (χ2v) is 7.58. The number of amides is 1. The molecule has 0 aromatic heterocycles. The molecule has 0 radical (unpaired) electrons. The zero-order chi connectivity index (χ0) is 19.3. The van der Waals surface area contributed by atoms with E-state index in [2.05, 4.69) is 5.32 Å². The molecule has 4 nitrogen and oxygen atoms in total. The van der Waals surface area contributed by atoms with E-state index in [1.54, 1.807) is 19.2 Å². The molecule has 27 heavy (non-hydrogen) atoms. The third kappa shape index (κ3) is 4.57. The van der Waals surface area contributed by atoms with Gasteiger partial charge in [0.05, 0.1) is 12.0 Å². The molecule has 0 saturated heterocycles. The SMILES string of the molecule is COCCOc1ccc(NC(=O)C2(c3ccc(Cl)cc3Cl)CCCC2)cc1. The van der Waals surface area contributed by atoms with Crippen molar-refractivity contribution in [1.29, 1.82) is 0 Å². The second-order valence-electron chi connectivity index (χ2n) is 6.73.